The summed E-state index contributed by atoms with van der Waals surface area (Å²) >= 11 is 0. The minimum absolute atomic E-state index is 0.300. The summed E-state index contributed by atoms with van der Waals surface area (Å²) < 4.78 is 23.8. The smallest absolute Gasteiger partial charge is 0.315 e. The molecule has 1 atom stereocenters. The Balaban J connectivity index is 2.10. The van der Waals surface area contributed by atoms with E-state index in [1.807, 2.05) is 13.8 Å². The van der Waals surface area contributed by atoms with Gasteiger partial charge in [0.2, 0.25) is 0 Å². The molecule has 1 aromatic heterocycles. The Kier molecular flexibility index (Phi) is 4.80. The maximum absolute atomic E-state index is 13.3. The van der Waals surface area contributed by atoms with E-state index in [2.05, 4.69) is 10.6 Å². The Bertz CT molecular complexity index is 639. The molecular weight excluding hydrogens is 275 g/mol. The Morgan fingerprint density at radius 1 is 1.48 bits per heavy atom. The number of nitrogens with one attached hydrogen (secondary N) is 2. The first-order chi connectivity index (χ1) is 10.0. The van der Waals surface area contributed by atoms with Crippen LogP contribution in [0, 0.1) is 12.7 Å². The van der Waals surface area contributed by atoms with E-state index >= 15 is 0 Å². The lowest BCUT2D eigenvalue weighted by Gasteiger charge is -2.13. The number of hydrogen-bond donors (Lipinski definition) is 2. The zero-order valence-corrected chi connectivity index (χ0v) is 12.3. The third-order valence-corrected chi connectivity index (χ3v) is 3.27. The maximum Gasteiger partial charge on any atom is 0.315 e. The van der Waals surface area contributed by atoms with Crippen molar-refractivity contribution in [2.24, 2.45) is 0 Å². The number of ether oxygens (including phenoxy) is 1. The van der Waals surface area contributed by atoms with Crippen LogP contribution in [0.15, 0.2) is 22.6 Å². The largest absolute Gasteiger partial charge is 0.459 e. The van der Waals surface area contributed by atoms with Gasteiger partial charge in [0.25, 0.3) is 0 Å². The highest BCUT2D eigenvalue weighted by Gasteiger charge is 2.18. The standard InChI is InChI=1S/C15H19FN2O3/c1-9-12-8-11(16)4-5-13(12)21-14(9)10(2)18-15(19)17-6-7-20-3/h4-5,8,10H,6-7H2,1-3H3,(H2,17,18,19). The van der Waals surface area contributed by atoms with Crippen molar-refractivity contribution < 1.29 is 18.3 Å². The number of halogens is 1. The first-order valence-corrected chi connectivity index (χ1v) is 6.74. The van der Waals surface area contributed by atoms with Gasteiger partial charge in [0, 0.05) is 24.6 Å². The van der Waals surface area contributed by atoms with Crippen molar-refractivity contribution >= 4 is 17.0 Å². The van der Waals surface area contributed by atoms with Gasteiger partial charge in [-0.2, -0.15) is 0 Å². The molecule has 2 aromatic rings. The van der Waals surface area contributed by atoms with Crippen LogP contribution in [0.25, 0.3) is 11.0 Å². The maximum atomic E-state index is 13.3. The van der Waals surface area contributed by atoms with Crippen LogP contribution in [0.4, 0.5) is 9.18 Å². The van der Waals surface area contributed by atoms with Gasteiger partial charge in [0.1, 0.15) is 17.2 Å². The van der Waals surface area contributed by atoms with E-state index in [1.165, 1.54) is 12.1 Å². The predicted octanol–water partition coefficient (Wildman–Crippen LogP) is 2.89. The first-order valence-electron chi connectivity index (χ1n) is 6.74. The van der Waals surface area contributed by atoms with Crippen molar-refractivity contribution in [3.8, 4) is 0 Å². The number of aryl methyl sites for hydroxylation is 1. The van der Waals surface area contributed by atoms with Gasteiger partial charge in [-0.15, -0.1) is 0 Å². The second-order valence-corrected chi connectivity index (χ2v) is 4.85. The van der Waals surface area contributed by atoms with Crippen LogP contribution in [0.3, 0.4) is 0 Å². The van der Waals surface area contributed by atoms with Crippen LogP contribution in [0.2, 0.25) is 0 Å². The third-order valence-electron chi connectivity index (χ3n) is 3.27. The number of fused-ring (bicyclic) bond motifs is 1. The molecule has 114 valence electrons. The third kappa shape index (κ3) is 3.52. The van der Waals surface area contributed by atoms with Crippen LogP contribution < -0.4 is 10.6 Å². The molecule has 2 rings (SSSR count). The lowest BCUT2D eigenvalue weighted by Crippen LogP contribution is -2.38. The molecule has 0 bridgehead atoms. The average molecular weight is 294 g/mol. The van der Waals surface area contributed by atoms with Crippen LogP contribution in [-0.4, -0.2) is 26.3 Å². The summed E-state index contributed by atoms with van der Waals surface area (Å²) in [5.41, 5.74) is 1.44. The molecule has 0 spiro atoms. The van der Waals surface area contributed by atoms with Gasteiger partial charge in [-0.05, 0) is 32.0 Å². The predicted molar refractivity (Wildman–Crippen MR) is 77.7 cm³/mol. The summed E-state index contributed by atoms with van der Waals surface area (Å²) in [6.07, 6.45) is 0. The molecule has 0 fully saturated rings. The minimum Gasteiger partial charge on any atom is -0.459 e. The molecule has 1 heterocycles. The van der Waals surface area contributed by atoms with Crippen molar-refractivity contribution in [3.63, 3.8) is 0 Å². The Morgan fingerprint density at radius 2 is 2.24 bits per heavy atom. The van der Waals surface area contributed by atoms with Gasteiger partial charge in [-0.1, -0.05) is 0 Å². The second-order valence-electron chi connectivity index (χ2n) is 4.85. The lowest BCUT2D eigenvalue weighted by atomic mass is 10.1. The average Bonchev–Trinajstić information content (AvgIpc) is 2.76. The van der Waals surface area contributed by atoms with Gasteiger partial charge in [-0.3, -0.25) is 0 Å². The number of furan rings is 1. The Labute approximate surface area is 122 Å². The molecule has 6 heteroatoms. The number of rotatable bonds is 5. The normalized spacial score (nSPS) is 12.4. The van der Waals surface area contributed by atoms with Crippen molar-refractivity contribution in [1.82, 2.24) is 10.6 Å². The van der Waals surface area contributed by atoms with E-state index in [0.29, 0.717) is 24.5 Å². The summed E-state index contributed by atoms with van der Waals surface area (Å²) in [4.78, 5) is 11.7. The summed E-state index contributed by atoms with van der Waals surface area (Å²) in [7, 11) is 1.57. The quantitative estimate of drug-likeness (QED) is 0.833. The molecule has 0 radical (unpaired) electrons. The minimum atomic E-state index is -0.317. The zero-order valence-electron chi connectivity index (χ0n) is 12.3. The number of amides is 2. The Morgan fingerprint density at radius 3 is 2.95 bits per heavy atom. The van der Waals surface area contributed by atoms with Gasteiger partial charge >= 0.3 is 6.03 Å². The Hall–Kier alpha value is -2.08. The van der Waals surface area contributed by atoms with E-state index in [4.69, 9.17) is 9.15 Å². The molecule has 0 aliphatic carbocycles. The van der Waals surface area contributed by atoms with Crippen LogP contribution in [0.1, 0.15) is 24.3 Å². The fourth-order valence-electron chi connectivity index (χ4n) is 2.20. The number of urea groups is 1. The van der Waals surface area contributed by atoms with Crippen LogP contribution in [0.5, 0.6) is 0 Å². The summed E-state index contributed by atoms with van der Waals surface area (Å²) in [6, 6.07) is 3.76. The van der Waals surface area contributed by atoms with E-state index in [1.54, 1.807) is 13.2 Å². The van der Waals surface area contributed by atoms with Crippen molar-refractivity contribution in [2.45, 2.75) is 19.9 Å². The number of carbonyl (C=O) groups excluding carboxylic acids is 1. The highest BCUT2D eigenvalue weighted by Crippen LogP contribution is 2.29. The van der Waals surface area contributed by atoms with Gasteiger partial charge in [0.15, 0.2) is 0 Å². The summed E-state index contributed by atoms with van der Waals surface area (Å²) in [5.74, 6) is 0.313. The summed E-state index contributed by atoms with van der Waals surface area (Å²) in [6.45, 7) is 4.54. The number of hydrogen-bond acceptors (Lipinski definition) is 3. The highest BCUT2D eigenvalue weighted by molar-refractivity contribution is 5.82. The molecule has 21 heavy (non-hydrogen) atoms. The monoisotopic (exact) mass is 294 g/mol. The van der Waals surface area contributed by atoms with E-state index in [-0.39, 0.29) is 17.9 Å². The number of benzene rings is 1. The van der Waals surface area contributed by atoms with Gasteiger partial charge in [0.05, 0.1) is 12.6 Å². The van der Waals surface area contributed by atoms with Crippen molar-refractivity contribution in [1.29, 1.82) is 0 Å². The molecule has 0 aliphatic rings. The van der Waals surface area contributed by atoms with Crippen LogP contribution in [-0.2, 0) is 4.74 Å². The van der Waals surface area contributed by atoms with Crippen molar-refractivity contribution in [2.75, 3.05) is 20.3 Å². The molecule has 2 amide bonds. The molecule has 1 aromatic carbocycles. The zero-order chi connectivity index (χ0) is 15.4. The topological polar surface area (TPSA) is 63.5 Å². The molecule has 0 saturated heterocycles. The molecular formula is C15H19FN2O3. The summed E-state index contributed by atoms with van der Waals surface area (Å²) in [5, 5.41) is 6.17. The van der Waals surface area contributed by atoms with E-state index in [9.17, 15) is 9.18 Å². The number of methoxy groups -OCH3 is 1. The lowest BCUT2D eigenvalue weighted by molar-refractivity contribution is 0.195. The van der Waals surface area contributed by atoms with E-state index < -0.39 is 0 Å². The second kappa shape index (κ2) is 6.58. The fraction of sp³-hybridized carbons (Fsp3) is 0.400. The van der Waals surface area contributed by atoms with Crippen molar-refractivity contribution in [3.05, 3.63) is 35.3 Å². The van der Waals surface area contributed by atoms with Gasteiger partial charge in [-0.25, -0.2) is 9.18 Å². The number of carbonyl (C=O) groups is 1. The molecule has 0 aliphatic heterocycles. The SMILES string of the molecule is COCCNC(=O)NC(C)c1oc2ccc(F)cc2c1C. The molecule has 0 saturated carbocycles. The van der Waals surface area contributed by atoms with E-state index in [0.717, 1.165) is 10.9 Å². The molecule has 2 N–H and O–H groups in total. The molecule has 5 nitrogen and oxygen atoms in total. The first kappa shape index (κ1) is 15.3. The molecule has 1 unspecified atom stereocenters. The van der Waals surface area contributed by atoms with Crippen LogP contribution >= 0.6 is 0 Å². The highest BCUT2D eigenvalue weighted by atomic mass is 19.1. The van der Waals surface area contributed by atoms with Gasteiger partial charge < -0.3 is 19.8 Å². The fourth-order valence-corrected chi connectivity index (χ4v) is 2.20.